The van der Waals surface area contributed by atoms with Crippen LogP contribution >= 0.6 is 0 Å². The summed E-state index contributed by atoms with van der Waals surface area (Å²) < 4.78 is 10.5. The molecule has 19 heavy (non-hydrogen) atoms. The maximum atomic E-state index is 5.95. The van der Waals surface area contributed by atoms with Crippen LogP contribution in [0.15, 0.2) is 18.2 Å². The van der Waals surface area contributed by atoms with Gasteiger partial charge in [0, 0.05) is 25.7 Å². The quantitative estimate of drug-likeness (QED) is 0.819. The number of hydrogen-bond acceptors (Lipinski definition) is 4. The van der Waals surface area contributed by atoms with Gasteiger partial charge in [0.05, 0.1) is 13.7 Å². The van der Waals surface area contributed by atoms with Crippen molar-refractivity contribution < 1.29 is 9.47 Å². The number of ether oxygens (including phenoxy) is 2. The van der Waals surface area contributed by atoms with E-state index in [1.54, 1.807) is 14.2 Å². The summed E-state index contributed by atoms with van der Waals surface area (Å²) in [6.07, 6.45) is 0. The van der Waals surface area contributed by atoms with Crippen LogP contribution in [0.3, 0.4) is 0 Å². The molecule has 108 valence electrons. The van der Waals surface area contributed by atoms with Gasteiger partial charge in [0.25, 0.3) is 0 Å². The highest BCUT2D eigenvalue weighted by molar-refractivity contribution is 5.37. The molecule has 4 nitrogen and oxygen atoms in total. The van der Waals surface area contributed by atoms with Gasteiger partial charge in [0.2, 0.25) is 0 Å². The zero-order valence-corrected chi connectivity index (χ0v) is 12.6. The summed E-state index contributed by atoms with van der Waals surface area (Å²) in [4.78, 5) is 2.25. The van der Waals surface area contributed by atoms with E-state index >= 15 is 0 Å². The van der Waals surface area contributed by atoms with Gasteiger partial charge >= 0.3 is 0 Å². The van der Waals surface area contributed by atoms with Gasteiger partial charge in [0.15, 0.2) is 0 Å². The van der Waals surface area contributed by atoms with Crippen LogP contribution < -0.4 is 10.5 Å². The highest BCUT2D eigenvalue weighted by Gasteiger charge is 2.20. The van der Waals surface area contributed by atoms with Crippen molar-refractivity contribution in [1.82, 2.24) is 4.90 Å². The average Bonchev–Trinajstić information content (AvgIpc) is 2.40. The van der Waals surface area contributed by atoms with Crippen molar-refractivity contribution in [2.45, 2.75) is 25.9 Å². The number of rotatable bonds is 7. The van der Waals surface area contributed by atoms with Crippen molar-refractivity contribution in [3.63, 3.8) is 0 Å². The molecular formula is C15H26N2O2. The van der Waals surface area contributed by atoms with E-state index in [1.165, 1.54) is 5.56 Å². The van der Waals surface area contributed by atoms with Gasteiger partial charge in [-0.1, -0.05) is 12.1 Å². The van der Waals surface area contributed by atoms with Crippen molar-refractivity contribution in [3.05, 3.63) is 29.3 Å². The number of hydrogen-bond donors (Lipinski definition) is 1. The van der Waals surface area contributed by atoms with Crippen LogP contribution in [0.25, 0.3) is 0 Å². The minimum atomic E-state index is 0.190. The van der Waals surface area contributed by atoms with Gasteiger partial charge in [-0.15, -0.1) is 0 Å². The maximum absolute atomic E-state index is 5.95. The van der Waals surface area contributed by atoms with E-state index in [0.717, 1.165) is 11.3 Å². The molecular weight excluding hydrogens is 240 g/mol. The first kappa shape index (κ1) is 16.0. The molecule has 4 heteroatoms. The van der Waals surface area contributed by atoms with Crippen molar-refractivity contribution in [1.29, 1.82) is 0 Å². The lowest BCUT2D eigenvalue weighted by Crippen LogP contribution is -2.39. The minimum absolute atomic E-state index is 0.190. The first-order chi connectivity index (χ1) is 9.04. The Bertz CT molecular complexity index is 396. The molecule has 2 atom stereocenters. The van der Waals surface area contributed by atoms with Gasteiger partial charge in [0.1, 0.15) is 5.75 Å². The average molecular weight is 266 g/mol. The lowest BCUT2D eigenvalue weighted by Gasteiger charge is -2.32. The number of methoxy groups -OCH3 is 2. The zero-order chi connectivity index (χ0) is 14.4. The Labute approximate surface area is 116 Å². The van der Waals surface area contributed by atoms with E-state index < -0.39 is 0 Å². The third-order valence-electron chi connectivity index (χ3n) is 3.62. The standard InChI is InChI=1S/C15H26N2O2/c1-11-8-13(6-7-15(11)19-5)14(9-16)17(3)12(2)10-18-4/h6-8,12,14H,9-10,16H2,1-5H3. The second-order valence-corrected chi connectivity index (χ2v) is 4.95. The second-order valence-electron chi connectivity index (χ2n) is 4.95. The van der Waals surface area contributed by atoms with E-state index in [2.05, 4.69) is 37.9 Å². The molecule has 0 aromatic heterocycles. The number of benzene rings is 1. The number of nitrogens with two attached hydrogens (primary N) is 1. The summed E-state index contributed by atoms with van der Waals surface area (Å²) in [5.41, 5.74) is 8.29. The molecule has 0 radical (unpaired) electrons. The van der Waals surface area contributed by atoms with Crippen LogP contribution in [0.4, 0.5) is 0 Å². The maximum Gasteiger partial charge on any atom is 0.121 e. The molecule has 1 rings (SSSR count). The van der Waals surface area contributed by atoms with Gasteiger partial charge in [-0.2, -0.15) is 0 Å². The third-order valence-corrected chi connectivity index (χ3v) is 3.62. The molecule has 0 amide bonds. The molecule has 2 unspecified atom stereocenters. The van der Waals surface area contributed by atoms with Gasteiger partial charge in [-0.05, 0) is 38.1 Å². The van der Waals surface area contributed by atoms with Crippen molar-refractivity contribution in [3.8, 4) is 5.75 Å². The molecule has 0 aliphatic heterocycles. The zero-order valence-electron chi connectivity index (χ0n) is 12.6. The smallest absolute Gasteiger partial charge is 0.121 e. The molecule has 0 bridgehead atoms. The summed E-state index contributed by atoms with van der Waals surface area (Å²) in [6, 6.07) is 6.74. The van der Waals surface area contributed by atoms with Crippen LogP contribution in [-0.2, 0) is 4.74 Å². The number of nitrogens with zero attached hydrogens (tertiary/aromatic N) is 1. The van der Waals surface area contributed by atoms with E-state index in [1.807, 2.05) is 6.07 Å². The van der Waals surface area contributed by atoms with Crippen LogP contribution in [0.5, 0.6) is 5.75 Å². The van der Waals surface area contributed by atoms with Crippen molar-refractivity contribution in [2.75, 3.05) is 34.4 Å². The van der Waals surface area contributed by atoms with E-state index in [-0.39, 0.29) is 6.04 Å². The topological polar surface area (TPSA) is 47.7 Å². The van der Waals surface area contributed by atoms with Crippen LogP contribution in [0.2, 0.25) is 0 Å². The van der Waals surface area contributed by atoms with Crippen LogP contribution in [-0.4, -0.2) is 45.4 Å². The van der Waals surface area contributed by atoms with Gasteiger partial charge in [-0.3, -0.25) is 4.90 Å². The summed E-state index contributed by atoms with van der Waals surface area (Å²) >= 11 is 0. The summed E-state index contributed by atoms with van der Waals surface area (Å²) in [5.74, 6) is 0.909. The molecule has 0 fully saturated rings. The summed E-state index contributed by atoms with van der Waals surface area (Å²) in [5, 5.41) is 0. The Hall–Kier alpha value is -1.10. The molecule has 0 saturated carbocycles. The van der Waals surface area contributed by atoms with Crippen molar-refractivity contribution in [2.24, 2.45) is 5.73 Å². The molecule has 0 spiro atoms. The summed E-state index contributed by atoms with van der Waals surface area (Å²) in [6.45, 7) is 5.47. The number of aryl methyl sites for hydroxylation is 1. The lowest BCUT2D eigenvalue weighted by molar-refractivity contribution is 0.0910. The molecule has 0 heterocycles. The Balaban J connectivity index is 2.93. The minimum Gasteiger partial charge on any atom is -0.496 e. The molecule has 0 aliphatic rings. The Morgan fingerprint density at radius 2 is 2.00 bits per heavy atom. The monoisotopic (exact) mass is 266 g/mol. The largest absolute Gasteiger partial charge is 0.496 e. The number of likely N-dealkylation sites (N-methyl/N-ethyl adjacent to an activating group) is 1. The normalized spacial score (nSPS) is 14.5. The van der Waals surface area contributed by atoms with Crippen LogP contribution in [0.1, 0.15) is 24.1 Å². The fourth-order valence-corrected chi connectivity index (χ4v) is 2.31. The van der Waals surface area contributed by atoms with E-state index in [0.29, 0.717) is 19.2 Å². The Morgan fingerprint density at radius 3 is 2.47 bits per heavy atom. The molecule has 1 aromatic rings. The fourth-order valence-electron chi connectivity index (χ4n) is 2.31. The van der Waals surface area contributed by atoms with Crippen molar-refractivity contribution >= 4 is 0 Å². The fraction of sp³-hybridized carbons (Fsp3) is 0.600. The molecule has 0 saturated heterocycles. The van der Waals surface area contributed by atoms with Gasteiger partial charge in [-0.25, -0.2) is 0 Å². The van der Waals surface area contributed by atoms with Crippen LogP contribution in [0, 0.1) is 6.92 Å². The Morgan fingerprint density at radius 1 is 1.32 bits per heavy atom. The molecule has 2 N–H and O–H groups in total. The summed E-state index contributed by atoms with van der Waals surface area (Å²) in [7, 11) is 5.50. The first-order valence-electron chi connectivity index (χ1n) is 6.60. The third kappa shape index (κ3) is 3.93. The van der Waals surface area contributed by atoms with E-state index in [4.69, 9.17) is 15.2 Å². The first-order valence-corrected chi connectivity index (χ1v) is 6.60. The predicted molar refractivity (Wildman–Crippen MR) is 78.6 cm³/mol. The Kier molecular flexibility index (Phi) is 6.28. The predicted octanol–water partition coefficient (Wildman–Crippen LogP) is 1.97. The van der Waals surface area contributed by atoms with Gasteiger partial charge < -0.3 is 15.2 Å². The SMILES string of the molecule is COCC(C)N(C)C(CN)c1ccc(OC)c(C)c1. The lowest BCUT2D eigenvalue weighted by atomic mass is 10.0. The van der Waals surface area contributed by atoms with E-state index in [9.17, 15) is 0 Å². The second kappa shape index (κ2) is 7.48. The highest BCUT2D eigenvalue weighted by atomic mass is 16.5. The highest BCUT2D eigenvalue weighted by Crippen LogP contribution is 2.26. The molecule has 1 aromatic carbocycles. The molecule has 0 aliphatic carbocycles.